The Labute approximate surface area is 130 Å². The summed E-state index contributed by atoms with van der Waals surface area (Å²) in [6.45, 7) is 1.62. The highest BCUT2D eigenvalue weighted by atomic mass is 35.6. The first kappa shape index (κ1) is 15.1. The highest BCUT2D eigenvalue weighted by molar-refractivity contribution is 6.76. The first-order valence-electron chi connectivity index (χ1n) is 5.62. The van der Waals surface area contributed by atoms with Gasteiger partial charge in [0.1, 0.15) is 0 Å². The van der Waals surface area contributed by atoms with Crippen molar-refractivity contribution in [1.82, 2.24) is 5.32 Å². The maximum atomic E-state index is 12.2. The number of nitrogens with zero attached hydrogens (tertiary/aromatic N) is 2. The summed E-state index contributed by atoms with van der Waals surface area (Å²) >= 11 is 16.4. The first-order chi connectivity index (χ1) is 9.30. The number of carbonyl (C=O) groups is 2. The van der Waals surface area contributed by atoms with Gasteiger partial charge in [0.15, 0.2) is 6.04 Å². The third kappa shape index (κ3) is 3.06. The van der Waals surface area contributed by atoms with Gasteiger partial charge in [-0.25, -0.2) is 0 Å². The third-order valence-corrected chi connectivity index (χ3v) is 3.18. The molecule has 106 valence electrons. The highest BCUT2D eigenvalue weighted by Crippen LogP contribution is 2.27. The summed E-state index contributed by atoms with van der Waals surface area (Å²) in [4.78, 5) is 23.9. The molecule has 1 heterocycles. The number of hydrazone groups is 1. The molecule has 0 saturated heterocycles. The number of rotatable bonds is 2. The van der Waals surface area contributed by atoms with Crippen LogP contribution in [0.15, 0.2) is 35.4 Å². The van der Waals surface area contributed by atoms with Gasteiger partial charge in [-0.15, -0.1) is 0 Å². The largest absolute Gasteiger partial charge is 0.336 e. The number of anilines is 1. The number of carbonyl (C=O) groups excluding carboxylic acids is 2. The maximum Gasteiger partial charge on any atom is 0.275 e. The van der Waals surface area contributed by atoms with E-state index in [9.17, 15) is 9.59 Å². The summed E-state index contributed by atoms with van der Waals surface area (Å²) in [6, 6.07) is 7.91. The Morgan fingerprint density at radius 3 is 2.45 bits per heavy atom. The predicted octanol–water partition coefficient (Wildman–Crippen LogP) is 2.26. The van der Waals surface area contributed by atoms with Crippen LogP contribution < -0.4 is 10.3 Å². The Morgan fingerprint density at radius 1 is 1.30 bits per heavy atom. The van der Waals surface area contributed by atoms with Crippen LogP contribution in [0.3, 0.4) is 0 Å². The van der Waals surface area contributed by atoms with Crippen LogP contribution in [0.2, 0.25) is 0 Å². The van der Waals surface area contributed by atoms with E-state index in [0.717, 1.165) is 0 Å². The highest BCUT2D eigenvalue weighted by Gasteiger charge is 2.40. The van der Waals surface area contributed by atoms with Crippen molar-refractivity contribution in [3.05, 3.63) is 30.3 Å². The number of para-hydroxylation sites is 1. The van der Waals surface area contributed by atoms with Gasteiger partial charge in [-0.05, 0) is 19.1 Å². The number of amides is 2. The second-order valence-corrected chi connectivity index (χ2v) is 6.41. The predicted molar refractivity (Wildman–Crippen MR) is 79.3 cm³/mol. The fourth-order valence-corrected chi connectivity index (χ4v) is 1.86. The lowest BCUT2D eigenvalue weighted by molar-refractivity contribution is -0.125. The van der Waals surface area contributed by atoms with Crippen molar-refractivity contribution in [1.29, 1.82) is 0 Å². The van der Waals surface area contributed by atoms with Gasteiger partial charge in [-0.3, -0.25) is 9.59 Å². The number of nitrogens with one attached hydrogen (secondary N) is 1. The van der Waals surface area contributed by atoms with Gasteiger partial charge in [-0.1, -0.05) is 53.0 Å². The number of benzene rings is 1. The van der Waals surface area contributed by atoms with Crippen molar-refractivity contribution in [3.8, 4) is 0 Å². The molecule has 0 aliphatic carbocycles. The van der Waals surface area contributed by atoms with Crippen molar-refractivity contribution in [2.45, 2.75) is 16.8 Å². The molecule has 1 aliphatic heterocycles. The molecule has 1 aliphatic rings. The average Bonchev–Trinajstić information content (AvgIpc) is 2.66. The Balaban J connectivity index is 2.18. The Hall–Kier alpha value is -1.30. The molecule has 1 N–H and O–H groups in total. The molecule has 2 amide bonds. The summed E-state index contributed by atoms with van der Waals surface area (Å²) in [5.74, 6) is -1.28. The first-order valence-corrected chi connectivity index (χ1v) is 6.76. The number of hydrogen-bond acceptors (Lipinski definition) is 3. The number of hydrogen-bond donors (Lipinski definition) is 1. The minimum atomic E-state index is -2.12. The summed E-state index contributed by atoms with van der Waals surface area (Å²) in [5, 5.41) is 7.68. The molecular weight excluding hydrogens is 325 g/mol. The molecule has 0 spiro atoms. The summed E-state index contributed by atoms with van der Waals surface area (Å²) in [5.41, 5.74) is 1.02. The molecule has 1 atom stereocenters. The lowest BCUT2D eigenvalue weighted by atomic mass is 10.2. The molecule has 0 bridgehead atoms. The molecule has 0 radical (unpaired) electrons. The zero-order valence-corrected chi connectivity index (χ0v) is 12.6. The summed E-state index contributed by atoms with van der Waals surface area (Å²) in [6.07, 6.45) is 0. The Morgan fingerprint density at radius 2 is 1.90 bits per heavy atom. The summed E-state index contributed by atoms with van der Waals surface area (Å²) in [7, 11) is 0. The standard InChI is InChI=1S/C12H10Cl3N3O2/c1-7-9(16-11(20)12(13,14)15)10(19)18(17-7)8-5-3-2-4-6-8/h2-6,9H,1H3,(H,16,20)/t9-/m0/s1. The van der Waals surface area contributed by atoms with Crippen LogP contribution in [0.1, 0.15) is 6.92 Å². The van der Waals surface area contributed by atoms with Crippen LogP contribution in [0.4, 0.5) is 5.69 Å². The van der Waals surface area contributed by atoms with Gasteiger partial charge in [0.25, 0.3) is 15.6 Å². The molecule has 1 aromatic rings. The number of alkyl halides is 3. The quantitative estimate of drug-likeness (QED) is 0.843. The van der Waals surface area contributed by atoms with E-state index in [1.807, 2.05) is 6.07 Å². The van der Waals surface area contributed by atoms with Crippen molar-refractivity contribution in [2.75, 3.05) is 5.01 Å². The fraction of sp³-hybridized carbons (Fsp3) is 0.250. The molecule has 20 heavy (non-hydrogen) atoms. The van der Waals surface area contributed by atoms with E-state index >= 15 is 0 Å². The van der Waals surface area contributed by atoms with Crippen molar-refractivity contribution in [2.24, 2.45) is 5.10 Å². The fourth-order valence-electron chi connectivity index (χ4n) is 1.70. The third-order valence-electron chi connectivity index (χ3n) is 2.66. The minimum absolute atomic E-state index is 0.406. The van der Waals surface area contributed by atoms with E-state index < -0.39 is 21.6 Å². The van der Waals surface area contributed by atoms with Gasteiger partial charge in [-0.2, -0.15) is 10.1 Å². The second kappa shape index (κ2) is 5.60. The van der Waals surface area contributed by atoms with E-state index in [-0.39, 0.29) is 0 Å². The monoisotopic (exact) mass is 333 g/mol. The van der Waals surface area contributed by atoms with Crippen LogP contribution >= 0.6 is 34.8 Å². The molecule has 1 aromatic carbocycles. The van der Waals surface area contributed by atoms with Gasteiger partial charge < -0.3 is 5.32 Å². The van der Waals surface area contributed by atoms with Crippen molar-refractivity contribution < 1.29 is 9.59 Å². The van der Waals surface area contributed by atoms with Crippen molar-refractivity contribution in [3.63, 3.8) is 0 Å². The van der Waals surface area contributed by atoms with E-state index in [2.05, 4.69) is 10.4 Å². The molecule has 5 nitrogen and oxygen atoms in total. The van der Waals surface area contributed by atoms with Crippen molar-refractivity contribution >= 4 is 58.0 Å². The number of halogens is 3. The topological polar surface area (TPSA) is 61.8 Å². The smallest absolute Gasteiger partial charge is 0.275 e. The zero-order valence-electron chi connectivity index (χ0n) is 10.3. The Bertz CT molecular complexity index is 569. The summed E-state index contributed by atoms with van der Waals surface area (Å²) < 4.78 is -2.12. The van der Waals surface area contributed by atoms with E-state index in [4.69, 9.17) is 34.8 Å². The molecule has 8 heteroatoms. The van der Waals surface area contributed by atoms with E-state index in [0.29, 0.717) is 11.4 Å². The second-order valence-electron chi connectivity index (χ2n) is 4.13. The molecule has 0 saturated carbocycles. The van der Waals surface area contributed by atoms with Crippen LogP contribution in [-0.4, -0.2) is 27.4 Å². The lowest BCUT2D eigenvalue weighted by Gasteiger charge is -2.17. The van der Waals surface area contributed by atoms with Crippen LogP contribution in [-0.2, 0) is 9.59 Å². The van der Waals surface area contributed by atoms with Gasteiger partial charge >= 0.3 is 0 Å². The van der Waals surface area contributed by atoms with Gasteiger partial charge in [0.2, 0.25) is 0 Å². The molecule has 2 rings (SSSR count). The molecule has 0 fully saturated rings. The lowest BCUT2D eigenvalue weighted by Crippen LogP contribution is -2.49. The normalized spacial score (nSPS) is 19.0. The zero-order chi connectivity index (χ0) is 14.9. The maximum absolute atomic E-state index is 12.2. The van der Waals surface area contributed by atoms with Crippen LogP contribution in [0, 0.1) is 0 Å². The minimum Gasteiger partial charge on any atom is -0.336 e. The van der Waals surface area contributed by atoms with Crippen LogP contribution in [0.5, 0.6) is 0 Å². The van der Waals surface area contributed by atoms with Gasteiger partial charge in [0, 0.05) is 0 Å². The average molecular weight is 335 g/mol. The molecular formula is C12H10Cl3N3O2. The van der Waals surface area contributed by atoms with E-state index in [1.165, 1.54) is 5.01 Å². The van der Waals surface area contributed by atoms with Crippen LogP contribution in [0.25, 0.3) is 0 Å². The molecule has 0 aromatic heterocycles. The Kier molecular flexibility index (Phi) is 4.22. The SMILES string of the molecule is CC1=NN(c2ccccc2)C(=O)[C@H]1NC(=O)C(Cl)(Cl)Cl. The van der Waals surface area contributed by atoms with E-state index in [1.54, 1.807) is 31.2 Å². The van der Waals surface area contributed by atoms with Gasteiger partial charge in [0.05, 0.1) is 11.4 Å². The molecule has 0 unspecified atom stereocenters.